The fourth-order valence-corrected chi connectivity index (χ4v) is 1.50. The maximum atomic E-state index is 12.4. The summed E-state index contributed by atoms with van der Waals surface area (Å²) in [6, 6.07) is 0. The molecule has 1 aliphatic rings. The van der Waals surface area contributed by atoms with Crippen LogP contribution in [0.4, 0.5) is 52.7 Å². The van der Waals surface area contributed by atoms with Gasteiger partial charge in [-0.1, -0.05) is 0 Å². The second-order valence-electron chi connectivity index (χ2n) is 3.91. The van der Waals surface area contributed by atoms with Crippen molar-refractivity contribution in [1.82, 2.24) is 5.32 Å². The molecule has 130 valence electrons. The Morgan fingerprint density at radius 3 is 1.14 bits per heavy atom. The van der Waals surface area contributed by atoms with E-state index in [1.807, 2.05) is 0 Å². The number of rotatable bonds is 0. The van der Waals surface area contributed by atoms with Crippen molar-refractivity contribution in [3.05, 3.63) is 0 Å². The highest BCUT2D eigenvalue weighted by atomic mass is 19.4. The Bertz CT molecular complexity index is 440. The summed E-state index contributed by atoms with van der Waals surface area (Å²) in [6.45, 7) is 0. The molecule has 0 atom stereocenters. The fraction of sp³-hybridized carbons (Fsp3) is 0.857. The zero-order valence-electron chi connectivity index (χ0n) is 9.35. The molecule has 0 aliphatic carbocycles. The Morgan fingerprint density at radius 1 is 0.682 bits per heavy atom. The predicted octanol–water partition coefficient (Wildman–Crippen LogP) is 2.82. The van der Waals surface area contributed by atoms with Crippen molar-refractivity contribution >= 4 is 5.91 Å². The Labute approximate surface area is 111 Å². The van der Waals surface area contributed by atoms with Crippen LogP contribution in [-0.2, 0) is 9.53 Å². The lowest BCUT2D eigenvalue weighted by atomic mass is 10.0. The smallest absolute Gasteiger partial charge is 0.310 e. The van der Waals surface area contributed by atoms with E-state index in [1.54, 1.807) is 0 Å². The predicted molar refractivity (Wildman–Crippen MR) is 38.9 cm³/mol. The van der Waals surface area contributed by atoms with E-state index in [-0.39, 0.29) is 0 Å². The molecule has 1 fully saturated rings. The number of hydrogen-bond donors (Lipinski definition) is 1. The normalized spacial score (nSPS) is 22.6. The van der Waals surface area contributed by atoms with Crippen LogP contribution in [0.1, 0.15) is 0 Å². The van der Waals surface area contributed by atoms with Gasteiger partial charge in [0.1, 0.15) is 0 Å². The molecule has 3 nitrogen and oxygen atoms in total. The van der Waals surface area contributed by atoms with Crippen LogP contribution in [0.2, 0.25) is 0 Å². The second-order valence-corrected chi connectivity index (χ2v) is 3.91. The van der Waals surface area contributed by atoms with E-state index in [0.29, 0.717) is 0 Å². The van der Waals surface area contributed by atoms with Gasteiger partial charge in [0, 0.05) is 0 Å². The van der Waals surface area contributed by atoms with E-state index in [2.05, 4.69) is 4.74 Å². The Morgan fingerprint density at radius 2 is 1.00 bits per heavy atom. The van der Waals surface area contributed by atoms with E-state index in [4.69, 9.17) is 0 Å². The molecule has 1 saturated heterocycles. The van der Waals surface area contributed by atoms with Crippen LogP contribution < -0.4 is 5.32 Å². The highest BCUT2D eigenvalue weighted by Gasteiger charge is 2.90. The highest BCUT2D eigenvalue weighted by Crippen LogP contribution is 2.57. The molecule has 0 aromatic carbocycles. The van der Waals surface area contributed by atoms with Gasteiger partial charge in [0.15, 0.2) is 0 Å². The number of hydrogen-bond acceptors (Lipinski definition) is 2. The molecule has 1 heterocycles. The topological polar surface area (TPSA) is 38.3 Å². The Kier molecular flexibility index (Phi) is 3.66. The lowest BCUT2D eigenvalue weighted by Crippen LogP contribution is -2.66. The van der Waals surface area contributed by atoms with Gasteiger partial charge in [-0.25, -0.2) is 0 Å². The summed E-state index contributed by atoms with van der Waals surface area (Å²) in [5.74, 6) is -3.68. The van der Waals surface area contributed by atoms with E-state index >= 15 is 0 Å². The van der Waals surface area contributed by atoms with Gasteiger partial charge in [0.25, 0.3) is 5.91 Å². The Hall–Kier alpha value is -1.41. The first-order valence-corrected chi connectivity index (χ1v) is 4.63. The molecule has 0 bridgehead atoms. The summed E-state index contributed by atoms with van der Waals surface area (Å²) in [5, 5.41) is -0.400. The minimum atomic E-state index is -6.94. The SMILES string of the molecule is O=C1NC(C(F)(F)F)(C(F)(F)F)OC1(C(F)(F)F)C(F)(F)F. The molecule has 0 radical (unpaired) electrons. The summed E-state index contributed by atoms with van der Waals surface area (Å²) in [4.78, 5) is 10.8. The third kappa shape index (κ3) is 2.16. The van der Waals surface area contributed by atoms with Gasteiger partial charge in [-0.15, -0.1) is 0 Å². The quantitative estimate of drug-likeness (QED) is 0.676. The molecule has 1 amide bonds. The summed E-state index contributed by atoms with van der Waals surface area (Å²) in [5.41, 5.74) is -12.5. The van der Waals surface area contributed by atoms with Crippen LogP contribution in [0.25, 0.3) is 0 Å². The van der Waals surface area contributed by atoms with Crippen molar-refractivity contribution in [2.75, 3.05) is 0 Å². The van der Waals surface area contributed by atoms with Crippen LogP contribution >= 0.6 is 0 Å². The maximum absolute atomic E-state index is 12.4. The monoisotopic (exact) mass is 359 g/mol. The number of halogens is 12. The van der Waals surface area contributed by atoms with E-state index in [9.17, 15) is 57.5 Å². The minimum absolute atomic E-state index is 0.400. The van der Waals surface area contributed by atoms with Crippen molar-refractivity contribution in [1.29, 1.82) is 0 Å². The molecule has 1 aliphatic heterocycles. The van der Waals surface area contributed by atoms with Crippen molar-refractivity contribution < 1.29 is 62.2 Å². The van der Waals surface area contributed by atoms with Crippen molar-refractivity contribution in [3.63, 3.8) is 0 Å². The van der Waals surface area contributed by atoms with Gasteiger partial charge in [-0.05, 0) is 0 Å². The summed E-state index contributed by atoms with van der Waals surface area (Å²) >= 11 is 0. The first-order chi connectivity index (χ1) is 9.33. The number of ether oxygens (including phenoxy) is 1. The average Bonchev–Trinajstić information content (AvgIpc) is 2.49. The highest BCUT2D eigenvalue weighted by molar-refractivity contribution is 5.90. The van der Waals surface area contributed by atoms with Crippen molar-refractivity contribution in [2.24, 2.45) is 0 Å². The molecule has 0 spiro atoms. The number of nitrogens with one attached hydrogen (secondary N) is 1. The summed E-state index contributed by atoms with van der Waals surface area (Å²) in [7, 11) is 0. The van der Waals surface area contributed by atoms with Gasteiger partial charge in [-0.2, -0.15) is 52.7 Å². The zero-order chi connectivity index (χ0) is 18.0. The van der Waals surface area contributed by atoms with Crippen molar-refractivity contribution in [2.45, 2.75) is 36.0 Å². The standard InChI is InChI=1S/C7HF12NO2/c8-4(9,10)2(5(11,12)13)1(21)20-3(22-2,6(14,15)16)7(17,18)19/h(H,20,21). The Balaban J connectivity index is 3.68. The van der Waals surface area contributed by atoms with Crippen LogP contribution in [0.15, 0.2) is 0 Å². The number of carbonyl (C=O) groups is 1. The lowest BCUT2D eigenvalue weighted by Gasteiger charge is -2.35. The molecule has 1 N–H and O–H groups in total. The third-order valence-corrected chi connectivity index (χ3v) is 2.51. The van der Waals surface area contributed by atoms with E-state index < -0.39 is 47.3 Å². The lowest BCUT2D eigenvalue weighted by molar-refractivity contribution is -0.439. The molecule has 0 unspecified atom stereocenters. The van der Waals surface area contributed by atoms with Gasteiger partial charge in [-0.3, -0.25) is 4.79 Å². The van der Waals surface area contributed by atoms with Crippen molar-refractivity contribution in [3.8, 4) is 0 Å². The number of amides is 1. The van der Waals surface area contributed by atoms with Gasteiger partial charge in [0.05, 0.1) is 0 Å². The summed E-state index contributed by atoms with van der Waals surface area (Å²) in [6.07, 6.45) is -27.6. The largest absolute Gasteiger partial charge is 0.446 e. The number of carbonyl (C=O) groups excluding carboxylic acids is 1. The number of alkyl halides is 12. The van der Waals surface area contributed by atoms with Crippen LogP contribution in [0, 0.1) is 0 Å². The molecule has 1 rings (SSSR count). The molecule has 22 heavy (non-hydrogen) atoms. The van der Waals surface area contributed by atoms with E-state index in [1.165, 1.54) is 0 Å². The second kappa shape index (κ2) is 4.32. The minimum Gasteiger partial charge on any atom is -0.310 e. The summed E-state index contributed by atoms with van der Waals surface area (Å²) < 4.78 is 151. The van der Waals surface area contributed by atoms with Crippen LogP contribution in [0.5, 0.6) is 0 Å². The average molecular weight is 359 g/mol. The molecular weight excluding hydrogens is 358 g/mol. The first-order valence-electron chi connectivity index (χ1n) is 4.63. The molecule has 0 saturated carbocycles. The molecule has 0 aromatic rings. The zero-order valence-corrected chi connectivity index (χ0v) is 9.35. The van der Waals surface area contributed by atoms with Crippen LogP contribution in [0.3, 0.4) is 0 Å². The van der Waals surface area contributed by atoms with Gasteiger partial charge >= 0.3 is 36.0 Å². The van der Waals surface area contributed by atoms with E-state index in [0.717, 1.165) is 0 Å². The first kappa shape index (κ1) is 18.6. The fourth-order valence-electron chi connectivity index (χ4n) is 1.50. The van der Waals surface area contributed by atoms with Crippen LogP contribution in [-0.4, -0.2) is 41.9 Å². The molecular formula is C7HF12NO2. The van der Waals surface area contributed by atoms with Gasteiger partial charge < -0.3 is 10.1 Å². The molecule has 0 aromatic heterocycles. The maximum Gasteiger partial charge on any atom is 0.446 e. The molecule has 15 heteroatoms. The third-order valence-electron chi connectivity index (χ3n) is 2.51. The van der Waals surface area contributed by atoms with Gasteiger partial charge in [0.2, 0.25) is 0 Å².